The average molecular weight is 310 g/mol. The van der Waals surface area contributed by atoms with E-state index in [1.807, 2.05) is 0 Å². The zero-order valence-corrected chi connectivity index (χ0v) is 13.1. The largest absolute Gasteiger partial charge is 0.494 e. The molecule has 0 fully saturated rings. The fourth-order valence-corrected chi connectivity index (χ4v) is 1.91. The molecule has 2 N–H and O–H groups in total. The van der Waals surface area contributed by atoms with E-state index in [0.717, 1.165) is 41.0 Å². The number of nitrogens with zero attached hydrogens (tertiary/aromatic N) is 3. The number of hydrazone groups is 1. The number of amides is 1. The van der Waals surface area contributed by atoms with E-state index >= 15 is 0 Å². The van der Waals surface area contributed by atoms with Gasteiger partial charge in [0.2, 0.25) is 11.8 Å². The van der Waals surface area contributed by atoms with E-state index < -0.39 is 17.1 Å². The van der Waals surface area contributed by atoms with Crippen molar-refractivity contribution in [2.45, 2.75) is 39.0 Å². The molecule has 0 unspecified atom stereocenters. The van der Waals surface area contributed by atoms with Crippen LogP contribution in [-0.2, 0) is 18.9 Å². The topological polar surface area (TPSA) is 106 Å². The maximum atomic E-state index is 11.9. The summed E-state index contributed by atoms with van der Waals surface area (Å²) >= 11 is 0. The lowest BCUT2D eigenvalue weighted by Crippen LogP contribution is -2.38. The normalized spacial score (nSPS) is 11.0. The number of hydrogen-bond donors (Lipinski definition) is 2. The lowest BCUT2D eigenvalue weighted by atomic mass is 10.1. The second-order valence-corrected chi connectivity index (χ2v) is 5.05. The first-order chi connectivity index (χ1) is 10.4. The molecule has 8 heteroatoms. The van der Waals surface area contributed by atoms with Crippen LogP contribution >= 0.6 is 0 Å². The molecule has 0 atom stereocenters. The summed E-state index contributed by atoms with van der Waals surface area (Å²) in [6.07, 6.45) is 5.33. The highest BCUT2D eigenvalue weighted by molar-refractivity contribution is 5.84. The molecule has 22 heavy (non-hydrogen) atoms. The Morgan fingerprint density at radius 1 is 1.23 bits per heavy atom. The van der Waals surface area contributed by atoms with Gasteiger partial charge in [-0.05, 0) is 6.42 Å². The highest BCUT2D eigenvalue weighted by atomic mass is 16.3. The maximum absolute atomic E-state index is 11.9. The highest BCUT2D eigenvalue weighted by Crippen LogP contribution is 2.05. The van der Waals surface area contributed by atoms with Crippen molar-refractivity contribution in [2.24, 2.45) is 19.2 Å². The van der Waals surface area contributed by atoms with Crippen LogP contribution in [0.1, 0.15) is 44.6 Å². The summed E-state index contributed by atoms with van der Waals surface area (Å²) in [6, 6.07) is 0. The third-order valence-electron chi connectivity index (χ3n) is 3.31. The number of nitrogens with one attached hydrogen (secondary N) is 1. The summed E-state index contributed by atoms with van der Waals surface area (Å²) in [7, 11) is 2.63. The van der Waals surface area contributed by atoms with Gasteiger partial charge in [0.25, 0.3) is 5.56 Å². The van der Waals surface area contributed by atoms with E-state index in [-0.39, 0.29) is 11.5 Å². The van der Waals surface area contributed by atoms with Crippen molar-refractivity contribution in [1.29, 1.82) is 0 Å². The standard InChI is InChI=1S/C14H22N4O4/c1-4-5-6-7-8-11(19)16-15-9-10-12(20)17(2)14(22)18(3)13(10)21/h9,20H,4-8H2,1-3H3,(H,16,19)/b15-9+. The quantitative estimate of drug-likeness (QED) is 0.426. The molecule has 1 aromatic rings. The third kappa shape index (κ3) is 4.31. The van der Waals surface area contributed by atoms with Crippen LogP contribution in [-0.4, -0.2) is 26.4 Å². The van der Waals surface area contributed by atoms with Crippen molar-refractivity contribution in [3.8, 4) is 5.88 Å². The Balaban J connectivity index is 2.74. The van der Waals surface area contributed by atoms with Crippen LogP contribution < -0.4 is 16.7 Å². The van der Waals surface area contributed by atoms with Gasteiger partial charge in [-0.1, -0.05) is 26.2 Å². The number of aromatic hydroxyl groups is 1. The lowest BCUT2D eigenvalue weighted by Gasteiger charge is -2.07. The van der Waals surface area contributed by atoms with Crippen molar-refractivity contribution in [2.75, 3.05) is 0 Å². The molecule has 0 spiro atoms. The van der Waals surface area contributed by atoms with Crippen molar-refractivity contribution in [1.82, 2.24) is 14.6 Å². The van der Waals surface area contributed by atoms with E-state index in [1.54, 1.807) is 0 Å². The number of carbonyl (C=O) groups is 1. The van der Waals surface area contributed by atoms with Gasteiger partial charge < -0.3 is 5.11 Å². The fourth-order valence-electron chi connectivity index (χ4n) is 1.91. The van der Waals surface area contributed by atoms with Crippen LogP contribution in [0.25, 0.3) is 0 Å². The summed E-state index contributed by atoms with van der Waals surface area (Å²) in [5, 5.41) is 13.5. The number of unbranched alkanes of at least 4 members (excludes halogenated alkanes) is 3. The van der Waals surface area contributed by atoms with E-state index in [4.69, 9.17) is 0 Å². The summed E-state index contributed by atoms with van der Waals surface area (Å²) in [5.74, 6) is -0.748. The molecule has 0 saturated heterocycles. The Morgan fingerprint density at radius 2 is 1.91 bits per heavy atom. The van der Waals surface area contributed by atoms with Gasteiger partial charge in [0.1, 0.15) is 5.56 Å². The second kappa shape index (κ2) is 8.16. The van der Waals surface area contributed by atoms with Gasteiger partial charge in [-0.2, -0.15) is 5.10 Å². The van der Waals surface area contributed by atoms with Gasteiger partial charge in [0.05, 0.1) is 6.21 Å². The number of rotatable bonds is 7. The monoisotopic (exact) mass is 310 g/mol. The van der Waals surface area contributed by atoms with Gasteiger partial charge >= 0.3 is 5.69 Å². The maximum Gasteiger partial charge on any atom is 0.333 e. The second-order valence-electron chi connectivity index (χ2n) is 5.05. The van der Waals surface area contributed by atoms with Crippen molar-refractivity contribution in [3.63, 3.8) is 0 Å². The van der Waals surface area contributed by atoms with Crippen LogP contribution in [0.15, 0.2) is 14.7 Å². The Bertz CT molecular complexity index is 673. The van der Waals surface area contributed by atoms with Crippen LogP contribution in [0.2, 0.25) is 0 Å². The summed E-state index contributed by atoms with van der Waals surface area (Å²) < 4.78 is 1.78. The van der Waals surface area contributed by atoms with Crippen LogP contribution in [0.3, 0.4) is 0 Å². The van der Waals surface area contributed by atoms with Crippen LogP contribution in [0.5, 0.6) is 5.88 Å². The smallest absolute Gasteiger partial charge is 0.333 e. The lowest BCUT2D eigenvalue weighted by molar-refractivity contribution is -0.121. The molecule has 1 heterocycles. The first kappa shape index (κ1) is 17.7. The molecule has 0 radical (unpaired) electrons. The van der Waals surface area contributed by atoms with Gasteiger partial charge in [-0.25, -0.2) is 10.2 Å². The third-order valence-corrected chi connectivity index (χ3v) is 3.31. The van der Waals surface area contributed by atoms with E-state index in [2.05, 4.69) is 17.5 Å². The average Bonchev–Trinajstić information content (AvgIpc) is 2.51. The number of carbonyl (C=O) groups excluding carboxylic acids is 1. The Kier molecular flexibility index (Phi) is 6.55. The van der Waals surface area contributed by atoms with E-state index in [1.165, 1.54) is 14.1 Å². The zero-order chi connectivity index (χ0) is 16.7. The molecule has 1 aromatic heterocycles. The fraction of sp³-hybridized carbons (Fsp3) is 0.571. The first-order valence-corrected chi connectivity index (χ1v) is 7.21. The Labute approximate surface area is 128 Å². The SMILES string of the molecule is CCCCCCC(=O)N/N=C/c1c(O)n(C)c(=O)n(C)c1=O. The first-order valence-electron chi connectivity index (χ1n) is 7.21. The molecule has 1 amide bonds. The molecule has 0 bridgehead atoms. The van der Waals surface area contributed by atoms with Crippen molar-refractivity contribution >= 4 is 12.1 Å². The van der Waals surface area contributed by atoms with E-state index in [0.29, 0.717) is 6.42 Å². The molecule has 0 aliphatic carbocycles. The van der Waals surface area contributed by atoms with Gasteiger partial charge in [-0.3, -0.25) is 18.7 Å². The van der Waals surface area contributed by atoms with Gasteiger partial charge in [-0.15, -0.1) is 0 Å². The summed E-state index contributed by atoms with van der Waals surface area (Å²) in [4.78, 5) is 35.0. The number of hydrogen-bond acceptors (Lipinski definition) is 5. The Hall–Kier alpha value is -2.38. The predicted molar refractivity (Wildman–Crippen MR) is 83.1 cm³/mol. The Morgan fingerprint density at radius 3 is 2.55 bits per heavy atom. The summed E-state index contributed by atoms with van der Waals surface area (Å²) in [6.45, 7) is 2.09. The van der Waals surface area contributed by atoms with E-state index in [9.17, 15) is 19.5 Å². The predicted octanol–water partition coefficient (Wildman–Crippen LogP) is 0.210. The van der Waals surface area contributed by atoms with Crippen molar-refractivity contribution < 1.29 is 9.90 Å². The molecular weight excluding hydrogens is 288 g/mol. The zero-order valence-electron chi connectivity index (χ0n) is 13.1. The minimum atomic E-state index is -0.679. The molecule has 122 valence electrons. The van der Waals surface area contributed by atoms with Gasteiger partial charge in [0.15, 0.2) is 0 Å². The molecule has 0 saturated carbocycles. The highest BCUT2D eigenvalue weighted by Gasteiger charge is 2.12. The molecule has 0 aromatic carbocycles. The molecule has 0 aliphatic rings. The molecule has 0 aliphatic heterocycles. The minimum Gasteiger partial charge on any atom is -0.494 e. The molecule has 8 nitrogen and oxygen atoms in total. The van der Waals surface area contributed by atoms with Crippen molar-refractivity contribution in [3.05, 3.63) is 26.4 Å². The summed E-state index contributed by atoms with van der Waals surface area (Å²) in [5.41, 5.74) is 0.825. The minimum absolute atomic E-state index is 0.157. The number of aromatic nitrogens is 2. The molecular formula is C14H22N4O4. The van der Waals surface area contributed by atoms with Gasteiger partial charge in [0, 0.05) is 20.5 Å². The molecule has 1 rings (SSSR count). The van der Waals surface area contributed by atoms with Crippen LogP contribution in [0, 0.1) is 0 Å². The van der Waals surface area contributed by atoms with Crippen LogP contribution in [0.4, 0.5) is 0 Å².